The van der Waals surface area contributed by atoms with Gasteiger partial charge in [0.05, 0.1) is 11.2 Å². The number of carbonyl (C=O) groups excluding carboxylic acids is 1. The first kappa shape index (κ1) is 13.6. The van der Waals surface area contributed by atoms with Gasteiger partial charge in [-0.3, -0.25) is 9.48 Å². The maximum atomic E-state index is 12.2. The Bertz CT molecular complexity index is 564. The predicted molar refractivity (Wildman–Crippen MR) is 73.9 cm³/mol. The standard InChI is InChI=1S/C14H15ClN2O2/c1-10(2)17-14(12(15)8-16-17)13(18)9-19-11-6-4-3-5-7-11/h3-8,10H,9H2,1-2H3. The van der Waals surface area contributed by atoms with E-state index in [1.54, 1.807) is 16.8 Å². The molecule has 5 heteroatoms. The zero-order chi connectivity index (χ0) is 13.8. The Morgan fingerprint density at radius 1 is 1.37 bits per heavy atom. The molecule has 0 spiro atoms. The highest BCUT2D eigenvalue weighted by atomic mass is 35.5. The minimum Gasteiger partial charge on any atom is -0.485 e. The van der Waals surface area contributed by atoms with Crippen LogP contribution in [0, 0.1) is 0 Å². The third-order valence-corrected chi connectivity index (χ3v) is 2.89. The van der Waals surface area contributed by atoms with E-state index in [0.717, 1.165) is 0 Å². The van der Waals surface area contributed by atoms with Crippen LogP contribution in [0.15, 0.2) is 36.5 Å². The Kier molecular flexibility index (Phi) is 4.22. The second-order valence-corrected chi connectivity index (χ2v) is 4.81. The van der Waals surface area contributed by atoms with E-state index in [1.165, 1.54) is 6.20 Å². The van der Waals surface area contributed by atoms with Crippen LogP contribution in [0.2, 0.25) is 5.02 Å². The smallest absolute Gasteiger partial charge is 0.219 e. The average Bonchev–Trinajstić information content (AvgIpc) is 2.79. The van der Waals surface area contributed by atoms with Gasteiger partial charge in [0.1, 0.15) is 11.4 Å². The Morgan fingerprint density at radius 3 is 2.68 bits per heavy atom. The van der Waals surface area contributed by atoms with Gasteiger partial charge in [0, 0.05) is 6.04 Å². The van der Waals surface area contributed by atoms with E-state index in [-0.39, 0.29) is 18.4 Å². The molecule has 0 saturated heterocycles. The van der Waals surface area contributed by atoms with E-state index in [0.29, 0.717) is 16.5 Å². The van der Waals surface area contributed by atoms with Crippen LogP contribution in [0.4, 0.5) is 0 Å². The minimum absolute atomic E-state index is 0.0534. The highest BCUT2D eigenvalue weighted by molar-refractivity contribution is 6.33. The van der Waals surface area contributed by atoms with Crippen LogP contribution in [0.5, 0.6) is 5.75 Å². The highest BCUT2D eigenvalue weighted by Crippen LogP contribution is 2.20. The number of rotatable bonds is 5. The lowest BCUT2D eigenvalue weighted by molar-refractivity contribution is 0.0909. The van der Waals surface area contributed by atoms with Gasteiger partial charge in [0.15, 0.2) is 6.61 Å². The molecule has 0 unspecified atom stereocenters. The Labute approximate surface area is 116 Å². The molecule has 0 amide bonds. The second kappa shape index (κ2) is 5.89. The van der Waals surface area contributed by atoms with Gasteiger partial charge in [0.25, 0.3) is 0 Å². The summed E-state index contributed by atoms with van der Waals surface area (Å²) < 4.78 is 7.04. The zero-order valence-electron chi connectivity index (χ0n) is 10.8. The van der Waals surface area contributed by atoms with Crippen molar-refractivity contribution >= 4 is 17.4 Å². The number of para-hydroxylation sites is 1. The minimum atomic E-state index is -0.181. The molecule has 0 atom stereocenters. The molecule has 2 aromatic rings. The summed E-state index contributed by atoms with van der Waals surface area (Å²) in [7, 11) is 0. The lowest BCUT2D eigenvalue weighted by atomic mass is 10.2. The molecule has 0 saturated carbocycles. The van der Waals surface area contributed by atoms with Crippen LogP contribution in [-0.4, -0.2) is 22.2 Å². The van der Waals surface area contributed by atoms with E-state index in [9.17, 15) is 4.79 Å². The molecule has 0 bridgehead atoms. The molecule has 0 radical (unpaired) electrons. The van der Waals surface area contributed by atoms with Crippen molar-refractivity contribution in [3.63, 3.8) is 0 Å². The number of benzene rings is 1. The van der Waals surface area contributed by atoms with Gasteiger partial charge in [-0.25, -0.2) is 0 Å². The summed E-state index contributed by atoms with van der Waals surface area (Å²) in [5.74, 6) is 0.475. The summed E-state index contributed by atoms with van der Waals surface area (Å²) in [6.45, 7) is 3.83. The van der Waals surface area contributed by atoms with Gasteiger partial charge in [0.2, 0.25) is 5.78 Å². The van der Waals surface area contributed by atoms with Crippen LogP contribution in [0.25, 0.3) is 0 Å². The molecule has 19 heavy (non-hydrogen) atoms. The molecule has 0 fully saturated rings. The lowest BCUT2D eigenvalue weighted by Crippen LogP contribution is -2.18. The molecule has 4 nitrogen and oxygen atoms in total. The van der Waals surface area contributed by atoms with E-state index in [1.807, 2.05) is 32.0 Å². The van der Waals surface area contributed by atoms with E-state index < -0.39 is 0 Å². The number of carbonyl (C=O) groups is 1. The molecule has 0 aliphatic rings. The molecule has 0 N–H and O–H groups in total. The van der Waals surface area contributed by atoms with Crippen molar-refractivity contribution in [2.45, 2.75) is 19.9 Å². The maximum Gasteiger partial charge on any atom is 0.219 e. The van der Waals surface area contributed by atoms with Gasteiger partial charge in [-0.15, -0.1) is 0 Å². The fourth-order valence-corrected chi connectivity index (χ4v) is 1.96. The van der Waals surface area contributed by atoms with E-state index in [4.69, 9.17) is 16.3 Å². The van der Waals surface area contributed by atoms with E-state index >= 15 is 0 Å². The van der Waals surface area contributed by atoms with Crippen molar-refractivity contribution in [1.82, 2.24) is 9.78 Å². The Hall–Kier alpha value is -1.81. The molecule has 2 rings (SSSR count). The first-order chi connectivity index (χ1) is 9.09. The molecule has 1 heterocycles. The topological polar surface area (TPSA) is 44.1 Å². The van der Waals surface area contributed by atoms with Gasteiger partial charge in [-0.05, 0) is 26.0 Å². The molecule has 0 aliphatic carbocycles. The first-order valence-electron chi connectivity index (χ1n) is 6.03. The summed E-state index contributed by atoms with van der Waals surface area (Å²) in [5, 5.41) is 4.46. The fraction of sp³-hybridized carbons (Fsp3) is 0.286. The summed E-state index contributed by atoms with van der Waals surface area (Å²) in [6, 6.07) is 9.27. The van der Waals surface area contributed by atoms with Crippen LogP contribution in [-0.2, 0) is 0 Å². The third kappa shape index (κ3) is 3.15. The maximum absolute atomic E-state index is 12.2. The van der Waals surface area contributed by atoms with Gasteiger partial charge in [-0.2, -0.15) is 5.10 Å². The number of aromatic nitrogens is 2. The van der Waals surface area contributed by atoms with Crippen LogP contribution in [0.3, 0.4) is 0 Å². The van der Waals surface area contributed by atoms with Gasteiger partial charge in [-0.1, -0.05) is 29.8 Å². The van der Waals surface area contributed by atoms with Crippen molar-refractivity contribution in [1.29, 1.82) is 0 Å². The quantitative estimate of drug-likeness (QED) is 0.788. The molecular weight excluding hydrogens is 264 g/mol. The largest absolute Gasteiger partial charge is 0.485 e. The number of hydrogen-bond donors (Lipinski definition) is 0. The van der Waals surface area contributed by atoms with Crippen LogP contribution in [0.1, 0.15) is 30.4 Å². The SMILES string of the molecule is CC(C)n1ncc(Cl)c1C(=O)COc1ccccc1. The number of hydrogen-bond acceptors (Lipinski definition) is 3. The molecule has 1 aromatic heterocycles. The van der Waals surface area contributed by atoms with Crippen LogP contribution < -0.4 is 4.74 Å². The lowest BCUT2D eigenvalue weighted by Gasteiger charge is -2.11. The van der Waals surface area contributed by atoms with Crippen molar-refractivity contribution < 1.29 is 9.53 Å². The number of ether oxygens (including phenoxy) is 1. The molecule has 1 aromatic carbocycles. The summed E-state index contributed by atoms with van der Waals surface area (Å²) in [6.07, 6.45) is 1.48. The highest BCUT2D eigenvalue weighted by Gasteiger charge is 2.19. The number of nitrogens with zero attached hydrogens (tertiary/aromatic N) is 2. The summed E-state index contributed by atoms with van der Waals surface area (Å²) >= 11 is 6.01. The van der Waals surface area contributed by atoms with Crippen molar-refractivity contribution in [3.8, 4) is 5.75 Å². The van der Waals surface area contributed by atoms with Gasteiger partial charge >= 0.3 is 0 Å². The van der Waals surface area contributed by atoms with Crippen molar-refractivity contribution in [2.24, 2.45) is 0 Å². The molecule has 0 aliphatic heterocycles. The third-order valence-electron chi connectivity index (χ3n) is 2.62. The summed E-state index contributed by atoms with van der Waals surface area (Å²) in [4.78, 5) is 12.2. The van der Waals surface area contributed by atoms with Crippen LogP contribution >= 0.6 is 11.6 Å². The predicted octanol–water partition coefficient (Wildman–Crippen LogP) is 3.38. The molecular formula is C14H15ClN2O2. The molecule has 100 valence electrons. The summed E-state index contributed by atoms with van der Waals surface area (Å²) in [5.41, 5.74) is 0.396. The zero-order valence-corrected chi connectivity index (χ0v) is 11.6. The second-order valence-electron chi connectivity index (χ2n) is 4.40. The monoisotopic (exact) mass is 278 g/mol. The first-order valence-corrected chi connectivity index (χ1v) is 6.41. The normalized spacial score (nSPS) is 10.7. The average molecular weight is 279 g/mol. The number of Topliss-reactive ketones (excluding diaryl/α,β-unsaturated/α-hetero) is 1. The van der Waals surface area contributed by atoms with Crippen molar-refractivity contribution in [2.75, 3.05) is 6.61 Å². The fourth-order valence-electron chi connectivity index (χ4n) is 1.73. The van der Waals surface area contributed by atoms with E-state index in [2.05, 4.69) is 5.10 Å². The number of halogens is 1. The Morgan fingerprint density at radius 2 is 2.05 bits per heavy atom. The van der Waals surface area contributed by atoms with Gasteiger partial charge < -0.3 is 4.74 Å². The number of ketones is 1. The van der Waals surface area contributed by atoms with Crippen molar-refractivity contribution in [3.05, 3.63) is 47.2 Å². The Balaban J connectivity index is 2.10.